The summed E-state index contributed by atoms with van der Waals surface area (Å²) in [5.41, 5.74) is 5.14. The van der Waals surface area contributed by atoms with Crippen LogP contribution in [0.5, 0.6) is 5.88 Å². The molecule has 0 unspecified atom stereocenters. The van der Waals surface area contributed by atoms with Gasteiger partial charge in [-0.25, -0.2) is 4.79 Å². The van der Waals surface area contributed by atoms with Crippen LogP contribution in [-0.2, 0) is 0 Å². The Labute approximate surface area is 141 Å². The number of nitrogens with two attached hydrogens (primary N) is 1. The molecule has 0 radical (unpaired) electrons. The fourth-order valence-electron chi connectivity index (χ4n) is 1.84. The Morgan fingerprint density at radius 3 is 2.57 bits per heavy atom. The van der Waals surface area contributed by atoms with E-state index in [4.69, 9.17) is 10.5 Å². The molecule has 11 heteroatoms. The molecule has 1 aliphatic heterocycles. The van der Waals surface area contributed by atoms with Crippen molar-refractivity contribution in [3.63, 3.8) is 0 Å². The van der Waals surface area contributed by atoms with Crippen LogP contribution >= 0.6 is 37.2 Å². The minimum atomic E-state index is -0.616. The summed E-state index contributed by atoms with van der Waals surface area (Å²) in [6.45, 7) is 5.76. The smallest absolute Gasteiger partial charge is 0.317 e. The zero-order valence-electron chi connectivity index (χ0n) is 11.6. The van der Waals surface area contributed by atoms with Crippen LogP contribution in [0.15, 0.2) is 6.07 Å². The Bertz CT molecular complexity index is 425. The fourth-order valence-corrected chi connectivity index (χ4v) is 1.84. The summed E-state index contributed by atoms with van der Waals surface area (Å²) in [6.07, 6.45) is 0. The number of aromatic nitrogens is 2. The Hall–Kier alpha value is -1.09. The van der Waals surface area contributed by atoms with Gasteiger partial charge in [0.2, 0.25) is 5.88 Å². The highest BCUT2D eigenvalue weighted by Gasteiger charge is 2.17. The molecule has 4 N–H and O–H groups in total. The number of urea groups is 1. The molecule has 0 spiro atoms. The number of halogens is 3. The number of primary amides is 1. The second-order valence-corrected chi connectivity index (χ2v) is 3.88. The van der Waals surface area contributed by atoms with Crippen molar-refractivity contribution < 1.29 is 9.53 Å². The molecule has 2 rings (SSSR count). The van der Waals surface area contributed by atoms with Gasteiger partial charge in [0.15, 0.2) is 5.82 Å². The number of carbonyl (C=O) groups excluding carboxylic acids is 1. The van der Waals surface area contributed by atoms with Gasteiger partial charge in [-0.2, -0.15) is 4.79 Å². The highest BCUT2D eigenvalue weighted by molar-refractivity contribution is 5.87. The van der Waals surface area contributed by atoms with Gasteiger partial charge in [0.05, 0.1) is 6.61 Å². The van der Waals surface area contributed by atoms with Crippen molar-refractivity contribution in [2.24, 2.45) is 5.73 Å². The Balaban J connectivity index is 0. The third-order valence-electron chi connectivity index (χ3n) is 2.57. The zero-order valence-corrected chi connectivity index (χ0v) is 14.0. The van der Waals surface area contributed by atoms with Crippen molar-refractivity contribution in [3.8, 4) is 5.88 Å². The van der Waals surface area contributed by atoms with Crippen molar-refractivity contribution >= 4 is 49.1 Å². The summed E-state index contributed by atoms with van der Waals surface area (Å²) in [4.78, 5) is 12.6. The molecule has 1 fully saturated rings. The minimum Gasteiger partial charge on any atom is -0.477 e. The Kier molecular flexibility index (Phi) is 11.2. The number of amides is 2. The molecule has 0 atom stereocenters. The van der Waals surface area contributed by atoms with Crippen LogP contribution in [0.1, 0.15) is 6.92 Å². The topological polar surface area (TPSA) is 97.4 Å². The monoisotopic (exact) mass is 362 g/mol. The van der Waals surface area contributed by atoms with Crippen LogP contribution in [0.2, 0.25) is 0 Å². The van der Waals surface area contributed by atoms with Gasteiger partial charge in [0.1, 0.15) is 0 Å². The van der Waals surface area contributed by atoms with E-state index in [1.54, 1.807) is 10.9 Å². The molecule has 21 heavy (non-hydrogen) atoms. The summed E-state index contributed by atoms with van der Waals surface area (Å²) in [7, 11) is 0. The molecular formula is C10H21Cl3N6O2. The molecule has 0 saturated carbocycles. The predicted octanol–water partition coefficient (Wildman–Crippen LogP) is 0.579. The maximum absolute atomic E-state index is 11.0. The summed E-state index contributed by atoms with van der Waals surface area (Å²) < 4.78 is 5.33. The first kappa shape index (κ1) is 22.2. The van der Waals surface area contributed by atoms with E-state index in [1.165, 1.54) is 0 Å². The molecule has 8 nitrogen and oxygen atoms in total. The van der Waals surface area contributed by atoms with E-state index in [1.807, 2.05) is 11.9 Å². The molecule has 0 aromatic carbocycles. The van der Waals surface area contributed by atoms with E-state index in [9.17, 15) is 4.79 Å². The SMILES string of the molecule is CCOc1cc(NC(N)=O)n(N2CCNCC2)n1.Cl.Cl.Cl. The summed E-state index contributed by atoms with van der Waals surface area (Å²) in [6, 6.07) is 1.05. The van der Waals surface area contributed by atoms with Gasteiger partial charge < -0.3 is 15.8 Å². The largest absolute Gasteiger partial charge is 0.477 e. The summed E-state index contributed by atoms with van der Waals surface area (Å²) in [5.74, 6) is 0.993. The van der Waals surface area contributed by atoms with Crippen molar-refractivity contribution in [2.45, 2.75) is 6.92 Å². The Morgan fingerprint density at radius 2 is 2.05 bits per heavy atom. The summed E-state index contributed by atoms with van der Waals surface area (Å²) >= 11 is 0. The number of rotatable bonds is 4. The average Bonchev–Trinajstić information content (AvgIpc) is 2.73. The number of carbonyl (C=O) groups is 1. The lowest BCUT2D eigenvalue weighted by Gasteiger charge is -2.29. The molecule has 1 aliphatic rings. The van der Waals surface area contributed by atoms with Crippen LogP contribution in [0.4, 0.5) is 10.6 Å². The lowest BCUT2D eigenvalue weighted by molar-refractivity contribution is 0.259. The molecule has 2 heterocycles. The van der Waals surface area contributed by atoms with Crippen LogP contribution < -0.4 is 26.1 Å². The maximum Gasteiger partial charge on any atom is 0.317 e. The number of piperazine rings is 1. The first-order chi connectivity index (χ1) is 8.70. The van der Waals surface area contributed by atoms with Gasteiger partial charge in [-0.05, 0) is 6.92 Å². The van der Waals surface area contributed by atoms with Crippen LogP contribution in [0.3, 0.4) is 0 Å². The quantitative estimate of drug-likeness (QED) is 0.727. The van der Waals surface area contributed by atoms with E-state index in [0.717, 1.165) is 26.2 Å². The first-order valence-corrected chi connectivity index (χ1v) is 5.96. The molecule has 1 saturated heterocycles. The molecule has 1 aromatic rings. The molecule has 124 valence electrons. The Morgan fingerprint density at radius 1 is 1.43 bits per heavy atom. The number of nitrogens with zero attached hydrogens (tertiary/aromatic N) is 3. The lowest BCUT2D eigenvalue weighted by atomic mass is 10.4. The average molecular weight is 364 g/mol. The van der Waals surface area contributed by atoms with Gasteiger partial charge in [-0.3, -0.25) is 10.3 Å². The molecular weight excluding hydrogens is 343 g/mol. The normalized spacial score (nSPS) is 13.3. The van der Waals surface area contributed by atoms with Crippen LogP contribution in [-0.4, -0.2) is 48.7 Å². The van der Waals surface area contributed by atoms with Gasteiger partial charge in [0.25, 0.3) is 0 Å². The van der Waals surface area contributed by atoms with Crippen molar-refractivity contribution in [2.75, 3.05) is 43.1 Å². The second-order valence-electron chi connectivity index (χ2n) is 3.88. The molecule has 0 bridgehead atoms. The molecule has 2 amide bonds. The van der Waals surface area contributed by atoms with E-state index in [2.05, 4.69) is 15.7 Å². The zero-order chi connectivity index (χ0) is 13.0. The molecule has 0 aliphatic carbocycles. The fraction of sp³-hybridized carbons (Fsp3) is 0.600. The minimum absolute atomic E-state index is 0. The number of nitrogens with one attached hydrogen (secondary N) is 2. The van der Waals surface area contributed by atoms with Crippen molar-refractivity contribution in [1.82, 2.24) is 15.2 Å². The number of ether oxygens (including phenoxy) is 1. The number of anilines is 1. The highest BCUT2D eigenvalue weighted by Crippen LogP contribution is 2.17. The summed E-state index contributed by atoms with van der Waals surface area (Å²) in [5, 5.41) is 12.1. The molecule has 1 aromatic heterocycles. The van der Waals surface area contributed by atoms with Crippen molar-refractivity contribution in [3.05, 3.63) is 6.07 Å². The van der Waals surface area contributed by atoms with E-state index < -0.39 is 6.03 Å². The lowest BCUT2D eigenvalue weighted by Crippen LogP contribution is -2.50. The standard InChI is InChI=1S/C10H18N6O2.3ClH/c1-2-18-9-7-8(13-10(11)17)16(14-9)15-5-3-12-4-6-15;;;/h7,12H,2-6H2,1H3,(H3,11,13,17);3*1H. The number of hydrogen-bond acceptors (Lipinski definition) is 5. The predicted molar refractivity (Wildman–Crippen MR) is 89.2 cm³/mol. The van der Waals surface area contributed by atoms with Gasteiger partial charge in [0, 0.05) is 32.2 Å². The van der Waals surface area contributed by atoms with E-state index >= 15 is 0 Å². The van der Waals surface area contributed by atoms with E-state index in [-0.39, 0.29) is 37.2 Å². The van der Waals surface area contributed by atoms with Crippen LogP contribution in [0, 0.1) is 0 Å². The number of hydrogen-bond donors (Lipinski definition) is 3. The van der Waals surface area contributed by atoms with Gasteiger partial charge in [-0.15, -0.1) is 42.3 Å². The first-order valence-electron chi connectivity index (χ1n) is 5.96. The highest BCUT2D eigenvalue weighted by atomic mass is 35.5. The van der Waals surface area contributed by atoms with E-state index in [0.29, 0.717) is 18.3 Å². The van der Waals surface area contributed by atoms with Crippen LogP contribution in [0.25, 0.3) is 0 Å². The van der Waals surface area contributed by atoms with Crippen molar-refractivity contribution in [1.29, 1.82) is 0 Å². The third-order valence-corrected chi connectivity index (χ3v) is 2.57. The third kappa shape index (κ3) is 6.04. The second kappa shape index (κ2) is 10.6. The van der Waals surface area contributed by atoms with Gasteiger partial charge in [-0.1, -0.05) is 0 Å². The van der Waals surface area contributed by atoms with Gasteiger partial charge >= 0.3 is 6.03 Å². The maximum atomic E-state index is 11.0.